The zero-order chi connectivity index (χ0) is 13.9. The fourth-order valence-corrected chi connectivity index (χ4v) is 2.99. The first-order chi connectivity index (χ1) is 7.68. The Hall–Kier alpha value is -0.590. The van der Waals surface area contributed by atoms with Crippen molar-refractivity contribution in [1.29, 1.82) is 0 Å². The molecule has 0 saturated heterocycles. The second-order valence-corrected chi connectivity index (χ2v) is 6.30. The standard InChI is InChI=1S/C14H24O.C2H6/c1-10(12(3)15)11(2)14(6)8-7-13(4,5)9-14;1-2/h11H,1,7-9H2,2-6H3;1-2H3. The molecule has 1 aliphatic rings. The van der Waals surface area contributed by atoms with Gasteiger partial charge in [-0.3, -0.25) is 4.79 Å². The third kappa shape index (κ3) is 3.97. The van der Waals surface area contributed by atoms with Gasteiger partial charge in [0.25, 0.3) is 0 Å². The van der Waals surface area contributed by atoms with Crippen LogP contribution in [0.5, 0.6) is 0 Å². The quantitative estimate of drug-likeness (QED) is 0.632. The van der Waals surface area contributed by atoms with Gasteiger partial charge in [-0.2, -0.15) is 0 Å². The molecule has 2 atom stereocenters. The molecule has 1 fully saturated rings. The highest BCUT2D eigenvalue weighted by Gasteiger charge is 2.44. The molecule has 100 valence electrons. The number of rotatable bonds is 3. The van der Waals surface area contributed by atoms with Crippen LogP contribution in [0.3, 0.4) is 0 Å². The highest BCUT2D eigenvalue weighted by Crippen LogP contribution is 2.54. The molecule has 17 heavy (non-hydrogen) atoms. The Morgan fingerprint density at radius 3 is 1.94 bits per heavy atom. The van der Waals surface area contributed by atoms with E-state index >= 15 is 0 Å². The Morgan fingerprint density at radius 2 is 1.65 bits per heavy atom. The van der Waals surface area contributed by atoms with Crippen LogP contribution < -0.4 is 0 Å². The first-order valence-electron chi connectivity index (χ1n) is 6.88. The molecule has 0 spiro atoms. The minimum Gasteiger partial charge on any atom is -0.295 e. The van der Waals surface area contributed by atoms with E-state index in [1.165, 1.54) is 19.3 Å². The van der Waals surface area contributed by atoms with Crippen LogP contribution in [0.1, 0.15) is 67.7 Å². The fraction of sp³-hybridized carbons (Fsp3) is 0.812. The van der Waals surface area contributed by atoms with Crippen LogP contribution in [0.4, 0.5) is 0 Å². The first-order valence-corrected chi connectivity index (χ1v) is 6.88. The molecule has 0 N–H and O–H groups in total. The highest BCUT2D eigenvalue weighted by molar-refractivity contribution is 5.93. The van der Waals surface area contributed by atoms with Gasteiger partial charge in [0, 0.05) is 0 Å². The van der Waals surface area contributed by atoms with Crippen molar-refractivity contribution in [1.82, 2.24) is 0 Å². The van der Waals surface area contributed by atoms with Crippen LogP contribution in [0.2, 0.25) is 0 Å². The maximum atomic E-state index is 11.3. The summed E-state index contributed by atoms with van der Waals surface area (Å²) < 4.78 is 0. The number of Topliss-reactive ketones (excluding diaryl/α,β-unsaturated/α-hetero) is 1. The molecule has 2 unspecified atom stereocenters. The Labute approximate surface area is 108 Å². The first kappa shape index (κ1) is 16.4. The van der Waals surface area contributed by atoms with Crippen molar-refractivity contribution in [3.8, 4) is 0 Å². The van der Waals surface area contributed by atoms with Gasteiger partial charge in [-0.1, -0.05) is 48.1 Å². The van der Waals surface area contributed by atoms with E-state index in [0.717, 1.165) is 5.57 Å². The van der Waals surface area contributed by atoms with Gasteiger partial charge in [0.05, 0.1) is 0 Å². The lowest BCUT2D eigenvalue weighted by Gasteiger charge is -2.33. The van der Waals surface area contributed by atoms with Crippen LogP contribution in [0.15, 0.2) is 12.2 Å². The van der Waals surface area contributed by atoms with Crippen molar-refractivity contribution in [3.63, 3.8) is 0 Å². The molecule has 0 amide bonds. The topological polar surface area (TPSA) is 17.1 Å². The van der Waals surface area contributed by atoms with Gasteiger partial charge in [-0.05, 0) is 48.5 Å². The third-order valence-electron chi connectivity index (χ3n) is 4.28. The molecule has 1 nitrogen and oxygen atoms in total. The zero-order valence-electron chi connectivity index (χ0n) is 12.8. The molecule has 0 aromatic carbocycles. The summed E-state index contributed by atoms with van der Waals surface area (Å²) in [6.07, 6.45) is 3.68. The number of allylic oxidation sites excluding steroid dienone is 1. The monoisotopic (exact) mass is 238 g/mol. The Morgan fingerprint density at radius 1 is 1.18 bits per heavy atom. The number of carbonyl (C=O) groups excluding carboxylic acids is 1. The van der Waals surface area contributed by atoms with Crippen molar-refractivity contribution in [2.24, 2.45) is 16.7 Å². The lowest BCUT2D eigenvalue weighted by Crippen LogP contribution is -2.27. The van der Waals surface area contributed by atoms with Gasteiger partial charge in [-0.15, -0.1) is 0 Å². The van der Waals surface area contributed by atoms with Gasteiger partial charge < -0.3 is 0 Å². The fourth-order valence-electron chi connectivity index (χ4n) is 2.99. The van der Waals surface area contributed by atoms with Crippen LogP contribution in [-0.4, -0.2) is 5.78 Å². The summed E-state index contributed by atoms with van der Waals surface area (Å²) in [5.74, 6) is 0.463. The second-order valence-electron chi connectivity index (χ2n) is 6.30. The molecule has 1 rings (SSSR count). The summed E-state index contributed by atoms with van der Waals surface area (Å²) in [7, 11) is 0. The summed E-state index contributed by atoms with van der Waals surface area (Å²) in [5.41, 5.74) is 1.50. The van der Waals surface area contributed by atoms with Gasteiger partial charge in [0.15, 0.2) is 5.78 Å². The predicted molar refractivity (Wildman–Crippen MR) is 76.1 cm³/mol. The summed E-state index contributed by atoms with van der Waals surface area (Å²) in [6, 6.07) is 0. The van der Waals surface area contributed by atoms with Gasteiger partial charge in [0.1, 0.15) is 0 Å². The Balaban J connectivity index is 0.00000121. The SMILES string of the molecule is C=C(C(C)=O)C(C)C1(C)CCC(C)(C)C1.CC. The normalized spacial score (nSPS) is 27.9. The Kier molecular flexibility index (Phi) is 5.64. The van der Waals surface area contributed by atoms with E-state index in [0.29, 0.717) is 11.3 Å². The van der Waals surface area contributed by atoms with E-state index in [1.807, 2.05) is 13.8 Å². The average Bonchev–Trinajstić information content (AvgIpc) is 2.55. The van der Waals surface area contributed by atoms with Crippen molar-refractivity contribution in [3.05, 3.63) is 12.2 Å². The van der Waals surface area contributed by atoms with E-state index in [-0.39, 0.29) is 11.2 Å². The number of hydrogen-bond donors (Lipinski definition) is 0. The van der Waals surface area contributed by atoms with Crippen LogP contribution in [-0.2, 0) is 4.79 Å². The molecule has 0 radical (unpaired) electrons. The number of carbonyl (C=O) groups is 1. The van der Waals surface area contributed by atoms with Gasteiger partial charge in [-0.25, -0.2) is 0 Å². The molecule has 0 aliphatic heterocycles. The highest BCUT2D eigenvalue weighted by atomic mass is 16.1. The molecule has 1 saturated carbocycles. The summed E-state index contributed by atoms with van der Waals surface area (Å²) in [6.45, 7) is 18.7. The zero-order valence-corrected chi connectivity index (χ0v) is 12.8. The summed E-state index contributed by atoms with van der Waals surface area (Å²) >= 11 is 0. The van der Waals surface area contributed by atoms with E-state index < -0.39 is 0 Å². The van der Waals surface area contributed by atoms with Crippen LogP contribution in [0, 0.1) is 16.7 Å². The number of hydrogen-bond acceptors (Lipinski definition) is 1. The molecule has 1 aliphatic carbocycles. The molecular weight excluding hydrogens is 208 g/mol. The lowest BCUT2D eigenvalue weighted by atomic mass is 9.71. The van der Waals surface area contributed by atoms with Crippen molar-refractivity contribution in [2.75, 3.05) is 0 Å². The van der Waals surface area contributed by atoms with Gasteiger partial charge in [0.2, 0.25) is 0 Å². The van der Waals surface area contributed by atoms with Crippen molar-refractivity contribution in [2.45, 2.75) is 67.7 Å². The van der Waals surface area contributed by atoms with Gasteiger partial charge >= 0.3 is 0 Å². The summed E-state index contributed by atoms with van der Waals surface area (Å²) in [4.78, 5) is 11.3. The molecule has 1 heteroatoms. The second kappa shape index (κ2) is 5.84. The largest absolute Gasteiger partial charge is 0.295 e. The van der Waals surface area contributed by atoms with E-state index in [1.54, 1.807) is 6.92 Å². The third-order valence-corrected chi connectivity index (χ3v) is 4.28. The van der Waals surface area contributed by atoms with Crippen molar-refractivity contribution >= 4 is 5.78 Å². The minimum absolute atomic E-state index is 0.147. The Bertz CT molecular complexity index is 288. The molecule has 0 heterocycles. The minimum atomic E-state index is 0.147. The lowest BCUT2D eigenvalue weighted by molar-refractivity contribution is -0.114. The number of ketones is 1. The predicted octanol–water partition coefficient (Wildman–Crippen LogP) is 5.01. The van der Waals surface area contributed by atoms with Crippen LogP contribution in [0.25, 0.3) is 0 Å². The molecular formula is C16H30O. The van der Waals surface area contributed by atoms with Crippen LogP contribution >= 0.6 is 0 Å². The van der Waals surface area contributed by atoms with Crippen molar-refractivity contribution < 1.29 is 4.79 Å². The summed E-state index contributed by atoms with van der Waals surface area (Å²) in [5, 5.41) is 0. The molecule has 0 aromatic rings. The smallest absolute Gasteiger partial charge is 0.155 e. The maximum absolute atomic E-state index is 11.3. The van der Waals surface area contributed by atoms with E-state index in [2.05, 4.69) is 34.3 Å². The average molecular weight is 238 g/mol. The maximum Gasteiger partial charge on any atom is 0.155 e. The van der Waals surface area contributed by atoms with E-state index in [4.69, 9.17) is 0 Å². The molecule has 0 aromatic heterocycles. The van der Waals surface area contributed by atoms with E-state index in [9.17, 15) is 4.79 Å². The molecule has 0 bridgehead atoms.